The van der Waals surface area contributed by atoms with Gasteiger partial charge in [0.1, 0.15) is 0 Å². The van der Waals surface area contributed by atoms with Crippen LogP contribution in [0.1, 0.15) is 30.6 Å². The molecule has 1 unspecified atom stereocenters. The fraction of sp³-hybridized carbons (Fsp3) is 0.467. The van der Waals surface area contributed by atoms with E-state index in [0.29, 0.717) is 23.9 Å². The van der Waals surface area contributed by atoms with E-state index in [9.17, 15) is 4.79 Å². The van der Waals surface area contributed by atoms with Crippen molar-refractivity contribution >= 4 is 29.0 Å². The summed E-state index contributed by atoms with van der Waals surface area (Å²) in [5, 5.41) is 6.73. The maximum atomic E-state index is 11.7. The molecule has 0 aliphatic rings. The van der Waals surface area contributed by atoms with Gasteiger partial charge in [-0.3, -0.25) is 0 Å². The molecule has 21 heavy (non-hydrogen) atoms. The first-order valence-corrected chi connectivity index (χ1v) is 7.35. The molecular weight excluding hydrogens is 288 g/mol. The monoisotopic (exact) mass is 310 g/mol. The predicted molar refractivity (Wildman–Crippen MR) is 87.7 cm³/mol. The number of benzene rings is 1. The van der Waals surface area contributed by atoms with Crippen molar-refractivity contribution in [1.82, 2.24) is 5.32 Å². The molecule has 0 saturated carbocycles. The van der Waals surface area contributed by atoms with Crippen LogP contribution in [0.5, 0.6) is 0 Å². The van der Waals surface area contributed by atoms with E-state index in [-0.39, 0.29) is 12.0 Å². The molecule has 1 rings (SSSR count). The van der Waals surface area contributed by atoms with Gasteiger partial charge in [-0.25, -0.2) is 4.79 Å². The molecule has 5 nitrogen and oxygen atoms in total. The highest BCUT2D eigenvalue weighted by atomic mass is 32.1. The van der Waals surface area contributed by atoms with Crippen LogP contribution in [0.3, 0.4) is 0 Å². The number of hydrogen-bond acceptors (Lipinski definition) is 4. The smallest absolute Gasteiger partial charge is 0.338 e. The molecule has 0 amide bonds. The molecule has 1 aromatic rings. The molecule has 2 N–H and O–H groups in total. The van der Waals surface area contributed by atoms with Gasteiger partial charge in [0, 0.05) is 12.8 Å². The quantitative estimate of drug-likeness (QED) is 0.596. The Bertz CT molecular complexity index is 480. The molecule has 0 spiro atoms. The summed E-state index contributed by atoms with van der Waals surface area (Å²) in [6.45, 7) is 4.77. The number of methoxy groups -OCH3 is 1. The van der Waals surface area contributed by atoms with Crippen LogP contribution in [0.15, 0.2) is 24.3 Å². The SMILES string of the molecule is CCOC(=O)c1cccc(NC(=S)NC(CC)COC)c1. The number of rotatable bonds is 7. The molecule has 116 valence electrons. The van der Waals surface area contributed by atoms with Crippen molar-refractivity contribution in [2.24, 2.45) is 0 Å². The molecule has 6 heteroatoms. The topological polar surface area (TPSA) is 59.6 Å². The van der Waals surface area contributed by atoms with Crippen molar-refractivity contribution in [2.45, 2.75) is 26.3 Å². The number of anilines is 1. The van der Waals surface area contributed by atoms with E-state index in [0.717, 1.165) is 12.1 Å². The Labute approximate surface area is 131 Å². The Morgan fingerprint density at radius 2 is 2.14 bits per heavy atom. The Morgan fingerprint density at radius 3 is 2.76 bits per heavy atom. The van der Waals surface area contributed by atoms with E-state index in [1.54, 1.807) is 32.2 Å². The zero-order valence-electron chi connectivity index (χ0n) is 12.6. The molecule has 0 heterocycles. The van der Waals surface area contributed by atoms with Crippen LogP contribution < -0.4 is 10.6 Å². The lowest BCUT2D eigenvalue weighted by Gasteiger charge is -2.18. The van der Waals surface area contributed by atoms with Crippen LogP contribution in [0.25, 0.3) is 0 Å². The fourth-order valence-corrected chi connectivity index (χ4v) is 2.04. The minimum atomic E-state index is -0.342. The Balaban J connectivity index is 2.63. The number of esters is 1. The molecule has 1 atom stereocenters. The summed E-state index contributed by atoms with van der Waals surface area (Å²) < 4.78 is 10.1. The third kappa shape index (κ3) is 6.10. The van der Waals surface area contributed by atoms with Crippen molar-refractivity contribution in [3.05, 3.63) is 29.8 Å². The third-order valence-corrected chi connectivity index (χ3v) is 3.05. The predicted octanol–water partition coefficient (Wildman–Crippen LogP) is 2.57. The number of hydrogen-bond donors (Lipinski definition) is 2. The van der Waals surface area contributed by atoms with Gasteiger partial charge in [-0.1, -0.05) is 13.0 Å². The van der Waals surface area contributed by atoms with Crippen LogP contribution in [0.4, 0.5) is 5.69 Å². The van der Waals surface area contributed by atoms with Crippen molar-refractivity contribution in [3.63, 3.8) is 0 Å². The van der Waals surface area contributed by atoms with Gasteiger partial charge in [-0.05, 0) is 43.8 Å². The summed E-state index contributed by atoms with van der Waals surface area (Å²) in [4.78, 5) is 11.7. The van der Waals surface area contributed by atoms with Crippen LogP contribution in [0, 0.1) is 0 Å². The Kier molecular flexibility index (Phi) is 7.71. The van der Waals surface area contributed by atoms with Gasteiger partial charge in [0.25, 0.3) is 0 Å². The number of carbonyl (C=O) groups excluding carboxylic acids is 1. The summed E-state index contributed by atoms with van der Waals surface area (Å²) in [5.41, 5.74) is 1.24. The van der Waals surface area contributed by atoms with E-state index in [4.69, 9.17) is 21.7 Å². The number of nitrogens with one attached hydrogen (secondary N) is 2. The van der Waals surface area contributed by atoms with Crippen LogP contribution in [0.2, 0.25) is 0 Å². The number of ether oxygens (including phenoxy) is 2. The van der Waals surface area contributed by atoms with Gasteiger partial charge in [-0.2, -0.15) is 0 Å². The second-order valence-electron chi connectivity index (χ2n) is 4.46. The van der Waals surface area contributed by atoms with Gasteiger partial charge in [0.2, 0.25) is 0 Å². The lowest BCUT2D eigenvalue weighted by molar-refractivity contribution is 0.0526. The number of thiocarbonyl (C=S) groups is 1. The van der Waals surface area contributed by atoms with E-state index in [1.165, 1.54) is 0 Å². The summed E-state index contributed by atoms with van der Waals surface area (Å²) >= 11 is 5.26. The fourth-order valence-electron chi connectivity index (χ4n) is 1.75. The van der Waals surface area contributed by atoms with Crippen LogP contribution in [-0.4, -0.2) is 37.4 Å². The first-order chi connectivity index (χ1) is 10.1. The Hall–Kier alpha value is -1.66. The van der Waals surface area contributed by atoms with Gasteiger partial charge >= 0.3 is 5.97 Å². The van der Waals surface area contributed by atoms with Crippen LogP contribution >= 0.6 is 12.2 Å². The molecule has 0 saturated heterocycles. The molecule has 0 radical (unpaired) electrons. The second kappa shape index (κ2) is 9.31. The van der Waals surface area contributed by atoms with Crippen molar-refractivity contribution in [2.75, 3.05) is 25.6 Å². The summed E-state index contributed by atoms with van der Waals surface area (Å²) in [5.74, 6) is -0.342. The zero-order valence-corrected chi connectivity index (χ0v) is 13.5. The van der Waals surface area contributed by atoms with E-state index in [1.807, 2.05) is 6.07 Å². The van der Waals surface area contributed by atoms with Crippen LogP contribution in [-0.2, 0) is 9.47 Å². The third-order valence-electron chi connectivity index (χ3n) is 2.83. The standard InChI is InChI=1S/C15H22N2O3S/c1-4-12(10-19-3)16-15(21)17-13-8-6-7-11(9-13)14(18)20-5-2/h6-9,12H,4-5,10H2,1-3H3,(H2,16,17,21). The average Bonchev–Trinajstić information content (AvgIpc) is 2.47. The highest BCUT2D eigenvalue weighted by Gasteiger charge is 2.09. The van der Waals surface area contributed by atoms with E-state index >= 15 is 0 Å². The zero-order chi connectivity index (χ0) is 15.7. The number of carbonyl (C=O) groups is 1. The maximum absolute atomic E-state index is 11.7. The lowest BCUT2D eigenvalue weighted by Crippen LogP contribution is -2.40. The highest BCUT2D eigenvalue weighted by molar-refractivity contribution is 7.80. The van der Waals surface area contributed by atoms with Crippen molar-refractivity contribution in [1.29, 1.82) is 0 Å². The summed E-state index contributed by atoms with van der Waals surface area (Å²) in [6, 6.07) is 7.20. The molecule has 1 aromatic carbocycles. The lowest BCUT2D eigenvalue weighted by atomic mass is 10.2. The molecule has 0 fully saturated rings. The molecular formula is C15H22N2O3S. The minimum Gasteiger partial charge on any atom is -0.462 e. The van der Waals surface area contributed by atoms with Gasteiger partial charge in [0.15, 0.2) is 5.11 Å². The second-order valence-corrected chi connectivity index (χ2v) is 4.87. The normalized spacial score (nSPS) is 11.6. The highest BCUT2D eigenvalue weighted by Crippen LogP contribution is 2.12. The van der Waals surface area contributed by atoms with E-state index < -0.39 is 0 Å². The molecule has 0 aromatic heterocycles. The van der Waals surface area contributed by atoms with Crippen molar-refractivity contribution in [3.8, 4) is 0 Å². The summed E-state index contributed by atoms with van der Waals surface area (Å²) in [7, 11) is 1.66. The summed E-state index contributed by atoms with van der Waals surface area (Å²) in [6.07, 6.45) is 0.901. The molecule has 0 aliphatic carbocycles. The first-order valence-electron chi connectivity index (χ1n) is 6.94. The maximum Gasteiger partial charge on any atom is 0.338 e. The molecule has 0 bridgehead atoms. The van der Waals surface area contributed by atoms with Gasteiger partial charge in [-0.15, -0.1) is 0 Å². The Morgan fingerprint density at radius 1 is 1.38 bits per heavy atom. The first kappa shape index (κ1) is 17.4. The van der Waals surface area contributed by atoms with Gasteiger partial charge < -0.3 is 20.1 Å². The molecule has 0 aliphatic heterocycles. The average molecular weight is 310 g/mol. The van der Waals surface area contributed by atoms with E-state index in [2.05, 4.69) is 17.6 Å². The van der Waals surface area contributed by atoms with Crippen molar-refractivity contribution < 1.29 is 14.3 Å². The largest absolute Gasteiger partial charge is 0.462 e. The minimum absolute atomic E-state index is 0.156. The van der Waals surface area contributed by atoms with Gasteiger partial charge in [0.05, 0.1) is 24.8 Å².